The average Bonchev–Trinajstić information content (AvgIpc) is 3.29. The lowest BCUT2D eigenvalue weighted by molar-refractivity contribution is -0.126. The molecule has 1 unspecified atom stereocenters. The summed E-state index contributed by atoms with van der Waals surface area (Å²) in [5.41, 5.74) is 3.70. The number of carbonyl (C=O) groups is 1. The smallest absolute Gasteiger partial charge is 0.225 e. The lowest BCUT2D eigenvalue weighted by Gasteiger charge is -2.35. The van der Waals surface area contributed by atoms with Gasteiger partial charge in [-0.3, -0.25) is 9.69 Å². The quantitative estimate of drug-likeness (QED) is 0.468. The molecule has 1 amide bonds. The van der Waals surface area contributed by atoms with Crippen molar-refractivity contribution in [3.8, 4) is 0 Å². The number of fused-ring (bicyclic) bond motifs is 3. The monoisotopic (exact) mass is 469 g/mol. The Morgan fingerprint density at radius 1 is 0.971 bits per heavy atom. The SMILES string of the molecule is O=C(NC1CCN(Cc2ccccc2)CC1)C1CCCN(c2ncnc3c2oc2ccccc23)C1. The standard InChI is InChI=1S/C28H31N5O2/c34-28(31-22-12-15-32(16-13-22)17-20-7-2-1-3-8-20)21-9-6-14-33(18-21)27-26-25(29-19-30-27)23-10-4-5-11-24(23)35-26/h1-5,7-8,10-11,19,21-22H,6,9,12-18H2,(H,31,34). The fourth-order valence-electron chi connectivity index (χ4n) is 5.52. The molecule has 0 radical (unpaired) electrons. The molecule has 0 bridgehead atoms. The number of anilines is 1. The van der Waals surface area contributed by atoms with Crippen molar-refractivity contribution < 1.29 is 9.21 Å². The van der Waals surface area contributed by atoms with E-state index in [-0.39, 0.29) is 17.9 Å². The number of likely N-dealkylation sites (tertiary alicyclic amines) is 1. The van der Waals surface area contributed by atoms with E-state index in [0.29, 0.717) is 12.1 Å². The molecule has 180 valence electrons. The van der Waals surface area contributed by atoms with Gasteiger partial charge in [0.15, 0.2) is 11.4 Å². The van der Waals surface area contributed by atoms with E-state index < -0.39 is 0 Å². The van der Waals surface area contributed by atoms with Crippen molar-refractivity contribution in [1.82, 2.24) is 20.2 Å². The van der Waals surface area contributed by atoms with Crippen molar-refractivity contribution in [2.24, 2.45) is 5.92 Å². The predicted molar refractivity (Wildman–Crippen MR) is 137 cm³/mol. The van der Waals surface area contributed by atoms with Crippen molar-refractivity contribution >= 4 is 33.8 Å². The lowest BCUT2D eigenvalue weighted by Crippen LogP contribution is -2.49. The summed E-state index contributed by atoms with van der Waals surface area (Å²) in [7, 11) is 0. The maximum Gasteiger partial charge on any atom is 0.225 e. The summed E-state index contributed by atoms with van der Waals surface area (Å²) in [4.78, 5) is 26.9. The minimum absolute atomic E-state index is 0.0412. The molecule has 7 nitrogen and oxygen atoms in total. The molecule has 0 saturated carbocycles. The Morgan fingerprint density at radius 3 is 2.63 bits per heavy atom. The largest absolute Gasteiger partial charge is 0.450 e. The number of amides is 1. The highest BCUT2D eigenvalue weighted by Gasteiger charge is 2.30. The van der Waals surface area contributed by atoms with Gasteiger partial charge in [0.05, 0.1) is 5.92 Å². The molecule has 4 heterocycles. The molecule has 2 aromatic carbocycles. The van der Waals surface area contributed by atoms with Gasteiger partial charge in [0, 0.05) is 44.2 Å². The normalized spacial score (nSPS) is 19.9. The van der Waals surface area contributed by atoms with Crippen LogP contribution >= 0.6 is 0 Å². The number of para-hydroxylation sites is 1. The van der Waals surface area contributed by atoms with Gasteiger partial charge in [-0.05, 0) is 43.4 Å². The van der Waals surface area contributed by atoms with Crippen molar-refractivity contribution in [2.75, 3.05) is 31.1 Å². The molecule has 2 aliphatic heterocycles. The number of furan rings is 1. The van der Waals surface area contributed by atoms with E-state index in [1.807, 2.05) is 24.3 Å². The van der Waals surface area contributed by atoms with Crippen molar-refractivity contribution in [1.29, 1.82) is 0 Å². The van der Waals surface area contributed by atoms with Crippen LogP contribution in [0.5, 0.6) is 0 Å². The van der Waals surface area contributed by atoms with Gasteiger partial charge >= 0.3 is 0 Å². The van der Waals surface area contributed by atoms with Crippen LogP contribution in [0.25, 0.3) is 22.1 Å². The minimum Gasteiger partial charge on any atom is -0.450 e. The third kappa shape index (κ3) is 4.60. The summed E-state index contributed by atoms with van der Waals surface area (Å²) in [6.07, 6.45) is 5.47. The molecule has 2 saturated heterocycles. The van der Waals surface area contributed by atoms with Gasteiger partial charge in [-0.1, -0.05) is 42.5 Å². The topological polar surface area (TPSA) is 74.5 Å². The molecular formula is C28H31N5O2. The second-order valence-electron chi connectivity index (χ2n) is 9.80. The van der Waals surface area contributed by atoms with Crippen LogP contribution in [0.1, 0.15) is 31.2 Å². The lowest BCUT2D eigenvalue weighted by atomic mass is 9.95. The molecule has 4 aromatic rings. The van der Waals surface area contributed by atoms with Gasteiger partial charge in [0.2, 0.25) is 5.91 Å². The Bertz CT molecular complexity index is 1310. The summed E-state index contributed by atoms with van der Waals surface area (Å²) in [6.45, 7) is 4.53. The van der Waals surface area contributed by atoms with Gasteiger partial charge in [-0.2, -0.15) is 0 Å². The third-order valence-corrected chi connectivity index (χ3v) is 7.41. The van der Waals surface area contributed by atoms with Crippen molar-refractivity contribution in [3.63, 3.8) is 0 Å². The van der Waals surface area contributed by atoms with Gasteiger partial charge < -0.3 is 14.6 Å². The minimum atomic E-state index is -0.0412. The first-order valence-electron chi connectivity index (χ1n) is 12.7. The first-order valence-corrected chi connectivity index (χ1v) is 12.7. The molecule has 6 rings (SSSR count). The molecule has 2 fully saturated rings. The molecule has 7 heteroatoms. The van der Waals surface area contributed by atoms with Gasteiger partial charge in [-0.25, -0.2) is 9.97 Å². The molecular weight excluding hydrogens is 438 g/mol. The molecule has 1 atom stereocenters. The van der Waals surface area contributed by atoms with E-state index in [4.69, 9.17) is 4.42 Å². The Hall–Kier alpha value is -3.45. The van der Waals surface area contributed by atoms with Crippen LogP contribution < -0.4 is 10.2 Å². The maximum absolute atomic E-state index is 13.2. The molecule has 35 heavy (non-hydrogen) atoms. The van der Waals surface area contributed by atoms with Crippen LogP contribution in [-0.2, 0) is 11.3 Å². The zero-order valence-electron chi connectivity index (χ0n) is 19.9. The highest BCUT2D eigenvalue weighted by atomic mass is 16.3. The van der Waals surface area contributed by atoms with E-state index >= 15 is 0 Å². The first kappa shape index (κ1) is 22.0. The Labute approximate surface area is 205 Å². The summed E-state index contributed by atoms with van der Waals surface area (Å²) in [5.74, 6) is 0.921. The molecule has 1 N–H and O–H groups in total. The Morgan fingerprint density at radius 2 is 1.77 bits per heavy atom. The van der Waals surface area contributed by atoms with Crippen molar-refractivity contribution in [2.45, 2.75) is 38.3 Å². The van der Waals surface area contributed by atoms with Gasteiger partial charge in [0.1, 0.15) is 17.4 Å². The fourth-order valence-corrected chi connectivity index (χ4v) is 5.52. The highest BCUT2D eigenvalue weighted by molar-refractivity contribution is 6.05. The second-order valence-corrected chi connectivity index (χ2v) is 9.80. The number of hydrogen-bond acceptors (Lipinski definition) is 6. The number of aromatic nitrogens is 2. The molecule has 0 spiro atoms. The zero-order valence-corrected chi connectivity index (χ0v) is 19.9. The van der Waals surface area contributed by atoms with Crippen LogP contribution in [0.3, 0.4) is 0 Å². The molecule has 2 aliphatic rings. The van der Waals surface area contributed by atoms with Gasteiger partial charge in [-0.15, -0.1) is 0 Å². The number of benzene rings is 2. The third-order valence-electron chi connectivity index (χ3n) is 7.41. The summed E-state index contributed by atoms with van der Waals surface area (Å²) in [6, 6.07) is 18.8. The second kappa shape index (κ2) is 9.66. The fraction of sp³-hybridized carbons (Fsp3) is 0.393. The zero-order chi connectivity index (χ0) is 23.6. The predicted octanol–water partition coefficient (Wildman–Crippen LogP) is 4.37. The van der Waals surface area contributed by atoms with Crippen LogP contribution in [0.15, 0.2) is 65.3 Å². The highest BCUT2D eigenvalue weighted by Crippen LogP contribution is 2.33. The number of hydrogen-bond donors (Lipinski definition) is 1. The summed E-state index contributed by atoms with van der Waals surface area (Å²) in [5, 5.41) is 4.35. The first-order chi connectivity index (χ1) is 17.2. The number of nitrogens with one attached hydrogen (secondary N) is 1. The van der Waals surface area contributed by atoms with E-state index in [1.54, 1.807) is 6.33 Å². The van der Waals surface area contributed by atoms with Crippen LogP contribution in [-0.4, -0.2) is 53.0 Å². The van der Waals surface area contributed by atoms with E-state index in [9.17, 15) is 4.79 Å². The number of piperidine rings is 2. The van der Waals surface area contributed by atoms with Crippen molar-refractivity contribution in [3.05, 3.63) is 66.5 Å². The van der Waals surface area contributed by atoms with E-state index in [0.717, 1.165) is 74.2 Å². The Kier molecular flexibility index (Phi) is 6.08. The van der Waals surface area contributed by atoms with Gasteiger partial charge in [0.25, 0.3) is 0 Å². The maximum atomic E-state index is 13.2. The van der Waals surface area contributed by atoms with Crippen LogP contribution in [0, 0.1) is 5.92 Å². The van der Waals surface area contributed by atoms with Crippen LogP contribution in [0.2, 0.25) is 0 Å². The summed E-state index contributed by atoms with van der Waals surface area (Å²) < 4.78 is 6.13. The molecule has 2 aromatic heterocycles. The Balaban J connectivity index is 1.08. The van der Waals surface area contributed by atoms with Crippen LogP contribution in [0.4, 0.5) is 5.82 Å². The molecule has 0 aliphatic carbocycles. The average molecular weight is 470 g/mol. The number of rotatable bonds is 5. The number of carbonyl (C=O) groups excluding carboxylic acids is 1. The van der Waals surface area contributed by atoms with E-state index in [2.05, 4.69) is 55.4 Å². The van der Waals surface area contributed by atoms with E-state index in [1.165, 1.54) is 5.56 Å². The number of nitrogens with zero attached hydrogens (tertiary/aromatic N) is 4. The summed E-state index contributed by atoms with van der Waals surface area (Å²) >= 11 is 0.